The van der Waals surface area contributed by atoms with Crippen molar-refractivity contribution in [2.75, 3.05) is 7.11 Å². The fraction of sp³-hybridized carbons (Fsp3) is 0.455. The molecule has 1 unspecified atom stereocenters. The Hall–Kier alpha value is -1.97. The second kappa shape index (κ2) is 10.4. The second-order valence-electron chi connectivity index (χ2n) is 7.71. The van der Waals surface area contributed by atoms with Gasteiger partial charge < -0.3 is 15.6 Å². The van der Waals surface area contributed by atoms with E-state index < -0.39 is 22.2 Å². The van der Waals surface area contributed by atoms with Gasteiger partial charge in [0.1, 0.15) is 5.75 Å². The van der Waals surface area contributed by atoms with E-state index >= 15 is 0 Å². The summed E-state index contributed by atoms with van der Waals surface area (Å²) in [6.45, 7) is 0. The van der Waals surface area contributed by atoms with Gasteiger partial charge in [0, 0.05) is 12.5 Å². The van der Waals surface area contributed by atoms with Crippen molar-refractivity contribution in [3.8, 4) is 5.75 Å². The molecule has 2 atom stereocenters. The minimum Gasteiger partial charge on any atom is -0.496 e. The summed E-state index contributed by atoms with van der Waals surface area (Å²) in [5.41, 5.74) is 7.78. The number of hydrogen-bond donors (Lipinski definition) is 3. The van der Waals surface area contributed by atoms with Crippen LogP contribution in [0.1, 0.15) is 36.8 Å². The zero-order valence-electron chi connectivity index (χ0n) is 17.2. The van der Waals surface area contributed by atoms with Crippen LogP contribution in [0.25, 0.3) is 0 Å². The first-order chi connectivity index (χ1) is 14.4. The van der Waals surface area contributed by atoms with Crippen molar-refractivity contribution in [3.63, 3.8) is 0 Å². The van der Waals surface area contributed by atoms with Crippen molar-refractivity contribution in [1.82, 2.24) is 4.89 Å². The van der Waals surface area contributed by atoms with Crippen molar-refractivity contribution < 1.29 is 23.1 Å². The van der Waals surface area contributed by atoms with E-state index in [1.165, 1.54) is 19.2 Å². The van der Waals surface area contributed by atoms with E-state index in [-0.39, 0.29) is 17.4 Å². The number of rotatable bonds is 10. The van der Waals surface area contributed by atoms with Gasteiger partial charge in [-0.15, -0.1) is 0 Å². The molecule has 1 aliphatic rings. The summed E-state index contributed by atoms with van der Waals surface area (Å²) in [4.78, 5) is 7.66. The highest BCUT2D eigenvalue weighted by Gasteiger charge is 2.23. The predicted molar refractivity (Wildman–Crippen MR) is 114 cm³/mol. The molecule has 0 heterocycles. The molecule has 7 nitrogen and oxygen atoms in total. The first kappa shape index (κ1) is 22.7. The van der Waals surface area contributed by atoms with E-state index in [1.54, 1.807) is 6.07 Å². The molecular formula is C22H30N2O5S. The molecule has 0 saturated heterocycles. The van der Waals surface area contributed by atoms with Gasteiger partial charge in [0.05, 0.1) is 24.2 Å². The number of nitrogens with two attached hydrogens (primary N) is 1. The van der Waals surface area contributed by atoms with Gasteiger partial charge in [0.25, 0.3) is 10.0 Å². The minimum absolute atomic E-state index is 0.0557. The van der Waals surface area contributed by atoms with Gasteiger partial charge in [-0.2, -0.15) is 0 Å². The van der Waals surface area contributed by atoms with E-state index in [0.717, 1.165) is 31.2 Å². The number of sulfonamides is 1. The highest BCUT2D eigenvalue weighted by Crippen LogP contribution is 2.25. The summed E-state index contributed by atoms with van der Waals surface area (Å²) in [6.07, 6.45) is 3.52. The van der Waals surface area contributed by atoms with Crippen LogP contribution in [0.3, 0.4) is 0 Å². The standard InChI is InChI=1S/C22H30N2O5S/c1-28-22-12-11-19(30(26,27)24-29-18-9-5-6-10-18)14-17(22)15-21(25)20(23)13-16-7-3-2-4-8-16/h2-4,7-8,11-12,14,18,20-21,24-25H,5-6,9-10,13,15,23H2,1H3/t20?,21-/m1/s1. The maximum Gasteiger partial charge on any atom is 0.262 e. The van der Waals surface area contributed by atoms with Crippen molar-refractivity contribution in [1.29, 1.82) is 0 Å². The van der Waals surface area contributed by atoms with Crippen molar-refractivity contribution in [2.45, 2.75) is 61.7 Å². The van der Waals surface area contributed by atoms with Crippen LogP contribution in [-0.4, -0.2) is 38.9 Å². The Kier molecular flexibility index (Phi) is 7.85. The summed E-state index contributed by atoms with van der Waals surface area (Å²) in [6, 6.07) is 13.7. The first-order valence-corrected chi connectivity index (χ1v) is 11.7. The van der Waals surface area contributed by atoms with Crippen molar-refractivity contribution in [2.24, 2.45) is 5.73 Å². The zero-order valence-corrected chi connectivity index (χ0v) is 18.0. The summed E-state index contributed by atoms with van der Waals surface area (Å²) in [5, 5.41) is 10.6. The average Bonchev–Trinajstić information content (AvgIpc) is 3.27. The van der Waals surface area contributed by atoms with E-state index in [9.17, 15) is 13.5 Å². The molecule has 0 spiro atoms. The Morgan fingerprint density at radius 2 is 1.83 bits per heavy atom. The normalized spacial score (nSPS) is 17.0. The van der Waals surface area contributed by atoms with E-state index in [2.05, 4.69) is 4.89 Å². The zero-order chi connectivity index (χ0) is 21.6. The summed E-state index contributed by atoms with van der Waals surface area (Å²) < 4.78 is 30.6. The van der Waals surface area contributed by atoms with E-state index in [0.29, 0.717) is 17.7 Å². The molecule has 3 rings (SSSR count). The Morgan fingerprint density at radius 3 is 2.50 bits per heavy atom. The Bertz CT molecular complexity index is 914. The van der Waals surface area contributed by atoms with Crippen LogP contribution >= 0.6 is 0 Å². The lowest BCUT2D eigenvalue weighted by Crippen LogP contribution is -2.38. The Balaban J connectivity index is 1.70. The molecule has 0 bridgehead atoms. The smallest absolute Gasteiger partial charge is 0.262 e. The van der Waals surface area contributed by atoms with Crippen LogP contribution in [-0.2, 0) is 27.7 Å². The van der Waals surface area contributed by atoms with Crippen LogP contribution in [0.2, 0.25) is 0 Å². The molecule has 0 aliphatic heterocycles. The molecular weight excluding hydrogens is 404 g/mol. The fourth-order valence-electron chi connectivity index (χ4n) is 3.67. The van der Waals surface area contributed by atoms with Gasteiger partial charge in [-0.25, -0.2) is 8.42 Å². The molecule has 2 aromatic carbocycles. The fourth-order valence-corrected chi connectivity index (χ4v) is 4.57. The predicted octanol–water partition coefficient (Wildman–Crippen LogP) is 2.32. The minimum atomic E-state index is -3.84. The van der Waals surface area contributed by atoms with Gasteiger partial charge in [-0.05, 0) is 48.6 Å². The van der Waals surface area contributed by atoms with Gasteiger partial charge in [-0.3, -0.25) is 4.84 Å². The molecule has 8 heteroatoms. The average molecular weight is 435 g/mol. The van der Waals surface area contributed by atoms with Gasteiger partial charge in [0.15, 0.2) is 0 Å². The topological polar surface area (TPSA) is 111 Å². The van der Waals surface area contributed by atoms with Crippen molar-refractivity contribution in [3.05, 3.63) is 59.7 Å². The number of nitrogens with one attached hydrogen (secondary N) is 1. The highest BCUT2D eigenvalue weighted by atomic mass is 32.2. The monoisotopic (exact) mass is 434 g/mol. The van der Waals surface area contributed by atoms with Crippen LogP contribution < -0.4 is 15.4 Å². The quantitative estimate of drug-likeness (QED) is 0.495. The lowest BCUT2D eigenvalue weighted by molar-refractivity contribution is 0.0223. The maximum absolute atomic E-state index is 12.6. The van der Waals surface area contributed by atoms with Crippen molar-refractivity contribution >= 4 is 10.0 Å². The molecule has 30 heavy (non-hydrogen) atoms. The summed E-state index contributed by atoms with van der Waals surface area (Å²) in [5.74, 6) is 0.497. The number of ether oxygens (including phenoxy) is 1. The van der Waals surface area contributed by atoms with Crippen LogP contribution in [0.5, 0.6) is 5.75 Å². The maximum atomic E-state index is 12.6. The lowest BCUT2D eigenvalue weighted by Gasteiger charge is -2.21. The molecule has 1 saturated carbocycles. The lowest BCUT2D eigenvalue weighted by atomic mass is 9.97. The number of hydrogen-bond acceptors (Lipinski definition) is 6. The third kappa shape index (κ3) is 6.02. The van der Waals surface area contributed by atoms with Gasteiger partial charge >= 0.3 is 0 Å². The van der Waals surface area contributed by atoms with Gasteiger partial charge in [-0.1, -0.05) is 48.1 Å². The largest absolute Gasteiger partial charge is 0.496 e. The van der Waals surface area contributed by atoms with Crippen LogP contribution in [0, 0.1) is 0 Å². The molecule has 0 aromatic heterocycles. The van der Waals surface area contributed by atoms with E-state index in [1.807, 2.05) is 30.3 Å². The Morgan fingerprint density at radius 1 is 1.13 bits per heavy atom. The van der Waals surface area contributed by atoms with Crippen LogP contribution in [0.15, 0.2) is 53.4 Å². The van der Waals surface area contributed by atoms with E-state index in [4.69, 9.17) is 15.3 Å². The highest BCUT2D eigenvalue weighted by molar-refractivity contribution is 7.89. The number of aliphatic hydroxyl groups excluding tert-OH is 1. The molecule has 0 radical (unpaired) electrons. The molecule has 4 N–H and O–H groups in total. The third-order valence-corrected chi connectivity index (χ3v) is 6.62. The molecule has 2 aromatic rings. The van der Waals surface area contributed by atoms with Gasteiger partial charge in [0.2, 0.25) is 0 Å². The van der Waals surface area contributed by atoms with Crippen LogP contribution in [0.4, 0.5) is 0 Å². The SMILES string of the molecule is COc1ccc(S(=O)(=O)NOC2CCCC2)cc1C[C@@H](O)C(N)Cc1ccccc1. The third-order valence-electron chi connectivity index (χ3n) is 5.43. The molecule has 1 fully saturated rings. The summed E-state index contributed by atoms with van der Waals surface area (Å²) in [7, 11) is -2.34. The number of methoxy groups -OCH3 is 1. The summed E-state index contributed by atoms with van der Waals surface area (Å²) >= 11 is 0. The first-order valence-electron chi connectivity index (χ1n) is 10.2. The Labute approximate surface area is 178 Å². The molecule has 0 amide bonds. The number of benzene rings is 2. The number of aliphatic hydroxyl groups is 1. The second-order valence-corrected chi connectivity index (χ2v) is 9.35. The molecule has 164 valence electrons. The molecule has 1 aliphatic carbocycles.